The van der Waals surface area contributed by atoms with Crippen LogP contribution in [0.15, 0.2) is 21.6 Å². The second kappa shape index (κ2) is 6.26. The molecule has 1 fully saturated rings. The van der Waals surface area contributed by atoms with Crippen molar-refractivity contribution < 1.29 is 17.9 Å². The van der Waals surface area contributed by atoms with Crippen molar-refractivity contribution in [2.75, 3.05) is 14.1 Å². The maximum absolute atomic E-state index is 11.9. The van der Waals surface area contributed by atoms with Gasteiger partial charge in [-0.25, -0.2) is 12.7 Å². The van der Waals surface area contributed by atoms with Crippen LogP contribution < -0.4 is 5.32 Å². The summed E-state index contributed by atoms with van der Waals surface area (Å²) in [6, 6.07) is 3.52. The summed E-state index contributed by atoms with van der Waals surface area (Å²) in [7, 11) is -0.550. The van der Waals surface area contributed by atoms with Gasteiger partial charge in [0.25, 0.3) is 10.0 Å². The molecule has 2 rings (SSSR count). The van der Waals surface area contributed by atoms with Gasteiger partial charge in [0.2, 0.25) is 5.09 Å². The van der Waals surface area contributed by atoms with Crippen LogP contribution in [-0.2, 0) is 16.6 Å². The van der Waals surface area contributed by atoms with Crippen LogP contribution in [0.5, 0.6) is 0 Å². The Morgan fingerprint density at radius 1 is 1.30 bits per heavy atom. The van der Waals surface area contributed by atoms with E-state index in [1.807, 2.05) is 0 Å². The summed E-state index contributed by atoms with van der Waals surface area (Å²) in [4.78, 5) is 0. The number of nitrogens with one attached hydrogen (secondary N) is 1. The lowest BCUT2D eigenvalue weighted by molar-refractivity contribution is 0.116. The third kappa shape index (κ3) is 3.60. The van der Waals surface area contributed by atoms with E-state index in [-0.39, 0.29) is 11.2 Å². The van der Waals surface area contributed by atoms with E-state index in [0.717, 1.165) is 30.0 Å². The molecule has 1 aliphatic carbocycles. The molecule has 114 valence electrons. The lowest BCUT2D eigenvalue weighted by Gasteiger charge is -2.25. The Morgan fingerprint density at radius 2 is 1.95 bits per heavy atom. The summed E-state index contributed by atoms with van der Waals surface area (Å²) in [5, 5.41) is 12.7. The Kier molecular flexibility index (Phi) is 4.85. The van der Waals surface area contributed by atoms with Crippen LogP contribution in [0.2, 0.25) is 0 Å². The van der Waals surface area contributed by atoms with Gasteiger partial charge in [0.1, 0.15) is 5.76 Å². The minimum Gasteiger partial charge on any atom is -0.447 e. The van der Waals surface area contributed by atoms with Gasteiger partial charge in [-0.05, 0) is 37.8 Å². The molecule has 0 spiro atoms. The highest BCUT2D eigenvalue weighted by Crippen LogP contribution is 2.20. The molecule has 6 nitrogen and oxygen atoms in total. The molecule has 1 saturated carbocycles. The molecule has 0 amide bonds. The van der Waals surface area contributed by atoms with E-state index in [1.165, 1.54) is 20.2 Å². The fraction of sp³-hybridized carbons (Fsp3) is 0.692. The number of aliphatic hydroxyl groups excluding tert-OH is 1. The molecule has 0 unspecified atom stereocenters. The molecule has 0 bridgehead atoms. The Morgan fingerprint density at radius 3 is 2.55 bits per heavy atom. The topological polar surface area (TPSA) is 82.8 Å². The fourth-order valence-corrected chi connectivity index (χ4v) is 3.11. The largest absolute Gasteiger partial charge is 0.447 e. The average molecular weight is 302 g/mol. The van der Waals surface area contributed by atoms with Gasteiger partial charge in [0.05, 0.1) is 12.6 Å². The zero-order chi connectivity index (χ0) is 14.8. The summed E-state index contributed by atoms with van der Waals surface area (Å²) in [5.74, 6) is 0.608. The van der Waals surface area contributed by atoms with Gasteiger partial charge in [0, 0.05) is 20.1 Å². The maximum Gasteiger partial charge on any atom is 0.275 e. The summed E-state index contributed by atoms with van der Waals surface area (Å²) in [6.07, 6.45) is 3.33. The summed E-state index contributed by atoms with van der Waals surface area (Å²) in [6.45, 7) is 0.504. The third-order valence-corrected chi connectivity index (χ3v) is 5.32. The van der Waals surface area contributed by atoms with Crippen LogP contribution in [0.3, 0.4) is 0 Å². The minimum atomic E-state index is -3.50. The van der Waals surface area contributed by atoms with Gasteiger partial charge in [0.15, 0.2) is 0 Å². The first-order valence-corrected chi connectivity index (χ1v) is 8.26. The SMILES string of the molecule is CN(C)S(=O)(=O)c1ccc(CNC2CCC(O)CC2)o1. The molecule has 2 N–H and O–H groups in total. The normalized spacial score (nSPS) is 24.2. The smallest absolute Gasteiger partial charge is 0.275 e. The lowest BCUT2D eigenvalue weighted by atomic mass is 9.93. The van der Waals surface area contributed by atoms with Crippen LogP contribution in [0.1, 0.15) is 31.4 Å². The van der Waals surface area contributed by atoms with Gasteiger partial charge in [-0.15, -0.1) is 0 Å². The average Bonchev–Trinajstić information content (AvgIpc) is 2.87. The molecule has 0 aliphatic heterocycles. The maximum atomic E-state index is 11.9. The number of furan rings is 1. The van der Waals surface area contributed by atoms with E-state index in [9.17, 15) is 13.5 Å². The minimum absolute atomic E-state index is 0.0293. The van der Waals surface area contributed by atoms with Crippen molar-refractivity contribution in [1.82, 2.24) is 9.62 Å². The molecule has 0 atom stereocenters. The summed E-state index contributed by atoms with van der Waals surface area (Å²) < 4.78 is 30.3. The van der Waals surface area contributed by atoms with Crippen molar-refractivity contribution in [3.8, 4) is 0 Å². The predicted molar refractivity (Wildman–Crippen MR) is 74.7 cm³/mol. The van der Waals surface area contributed by atoms with Crippen molar-refractivity contribution in [3.05, 3.63) is 17.9 Å². The number of aliphatic hydroxyl groups is 1. The van der Waals surface area contributed by atoms with Crippen LogP contribution in [0.4, 0.5) is 0 Å². The predicted octanol–water partition coefficient (Wildman–Crippen LogP) is 0.923. The van der Waals surface area contributed by atoms with Crippen molar-refractivity contribution in [2.24, 2.45) is 0 Å². The van der Waals surface area contributed by atoms with E-state index in [4.69, 9.17) is 4.42 Å². The molecular weight excluding hydrogens is 280 g/mol. The fourth-order valence-electron chi connectivity index (χ4n) is 2.30. The van der Waals surface area contributed by atoms with Crippen molar-refractivity contribution in [2.45, 2.75) is 49.5 Å². The Balaban J connectivity index is 1.90. The van der Waals surface area contributed by atoms with E-state index in [2.05, 4.69) is 5.32 Å². The van der Waals surface area contributed by atoms with E-state index in [1.54, 1.807) is 6.07 Å². The first-order valence-electron chi connectivity index (χ1n) is 6.82. The molecule has 1 heterocycles. The molecule has 0 aromatic carbocycles. The Bertz CT molecular complexity index is 530. The first kappa shape index (κ1) is 15.5. The summed E-state index contributed by atoms with van der Waals surface area (Å²) >= 11 is 0. The van der Waals surface area contributed by atoms with Crippen LogP contribution in [0, 0.1) is 0 Å². The highest BCUT2D eigenvalue weighted by molar-refractivity contribution is 7.88. The van der Waals surface area contributed by atoms with E-state index < -0.39 is 10.0 Å². The Hall–Kier alpha value is -0.890. The zero-order valence-corrected chi connectivity index (χ0v) is 12.7. The number of hydrogen-bond donors (Lipinski definition) is 2. The Labute approximate surface area is 119 Å². The highest BCUT2D eigenvalue weighted by Gasteiger charge is 2.22. The van der Waals surface area contributed by atoms with Crippen LogP contribution >= 0.6 is 0 Å². The van der Waals surface area contributed by atoms with Crippen LogP contribution in [-0.4, -0.2) is 44.1 Å². The molecular formula is C13H22N2O4S. The van der Waals surface area contributed by atoms with Crippen molar-refractivity contribution in [3.63, 3.8) is 0 Å². The third-order valence-electron chi connectivity index (χ3n) is 3.63. The van der Waals surface area contributed by atoms with Gasteiger partial charge in [-0.3, -0.25) is 0 Å². The van der Waals surface area contributed by atoms with Gasteiger partial charge in [-0.1, -0.05) is 0 Å². The zero-order valence-electron chi connectivity index (χ0n) is 11.9. The highest BCUT2D eigenvalue weighted by atomic mass is 32.2. The van der Waals surface area contributed by atoms with Gasteiger partial charge < -0.3 is 14.8 Å². The second-order valence-corrected chi connectivity index (χ2v) is 7.48. The van der Waals surface area contributed by atoms with Gasteiger partial charge in [-0.2, -0.15) is 0 Å². The van der Waals surface area contributed by atoms with E-state index in [0.29, 0.717) is 18.3 Å². The molecule has 0 saturated heterocycles. The summed E-state index contributed by atoms with van der Waals surface area (Å²) in [5.41, 5.74) is 0. The molecule has 20 heavy (non-hydrogen) atoms. The monoisotopic (exact) mass is 302 g/mol. The molecule has 1 aliphatic rings. The molecule has 1 aromatic rings. The second-order valence-electron chi connectivity index (χ2n) is 5.39. The molecule has 0 radical (unpaired) electrons. The number of sulfonamides is 1. The quantitative estimate of drug-likeness (QED) is 0.845. The number of hydrogen-bond acceptors (Lipinski definition) is 5. The van der Waals surface area contributed by atoms with Crippen molar-refractivity contribution >= 4 is 10.0 Å². The number of rotatable bonds is 5. The molecule has 7 heteroatoms. The van der Waals surface area contributed by atoms with Gasteiger partial charge >= 0.3 is 0 Å². The van der Waals surface area contributed by atoms with Crippen molar-refractivity contribution in [1.29, 1.82) is 0 Å². The first-order chi connectivity index (χ1) is 9.39. The lowest BCUT2D eigenvalue weighted by Crippen LogP contribution is -2.34. The van der Waals surface area contributed by atoms with E-state index >= 15 is 0 Å². The molecule has 1 aromatic heterocycles. The number of nitrogens with zero attached hydrogens (tertiary/aromatic N) is 1. The standard InChI is InChI=1S/C13H22N2O4S/c1-15(2)20(17,18)13-8-7-12(19-13)9-14-10-3-5-11(16)6-4-10/h7-8,10-11,14,16H,3-6,9H2,1-2H3. The van der Waals surface area contributed by atoms with Crippen LogP contribution in [0.25, 0.3) is 0 Å².